The molecule has 0 saturated carbocycles. The SMILES string of the molecule is COC(=O)c1ccc(CN(C(=O)N2CCS(=O)(=O)CC2)c2ccc(CN3CCNCC3)cc2)c(F)c1. The van der Waals surface area contributed by atoms with Crippen molar-refractivity contribution in [3.8, 4) is 0 Å². The molecule has 2 aliphatic heterocycles. The summed E-state index contributed by atoms with van der Waals surface area (Å²) in [6.45, 7) is 4.72. The van der Waals surface area contributed by atoms with E-state index in [1.54, 1.807) is 0 Å². The van der Waals surface area contributed by atoms with Crippen LogP contribution in [-0.4, -0.2) is 88.1 Å². The number of amides is 2. The topological polar surface area (TPSA) is 99.3 Å². The van der Waals surface area contributed by atoms with Gasteiger partial charge in [0.05, 0.1) is 30.7 Å². The third-order valence-electron chi connectivity index (χ3n) is 6.51. The molecule has 0 atom stereocenters. The van der Waals surface area contributed by atoms with Crippen LogP contribution in [0.3, 0.4) is 0 Å². The Morgan fingerprint density at radius 1 is 1.03 bits per heavy atom. The van der Waals surface area contributed by atoms with Crippen LogP contribution < -0.4 is 10.2 Å². The van der Waals surface area contributed by atoms with Crippen LogP contribution in [0.1, 0.15) is 21.5 Å². The van der Waals surface area contributed by atoms with E-state index < -0.39 is 27.7 Å². The van der Waals surface area contributed by atoms with Gasteiger partial charge in [-0.3, -0.25) is 9.80 Å². The second kappa shape index (κ2) is 11.4. The Morgan fingerprint density at radius 2 is 1.69 bits per heavy atom. The van der Waals surface area contributed by atoms with Crippen LogP contribution in [0.15, 0.2) is 42.5 Å². The van der Waals surface area contributed by atoms with E-state index >= 15 is 0 Å². The average Bonchev–Trinajstić information content (AvgIpc) is 2.88. The lowest BCUT2D eigenvalue weighted by Crippen LogP contribution is -2.49. The fraction of sp³-hybridized carbons (Fsp3) is 0.440. The second-order valence-electron chi connectivity index (χ2n) is 9.00. The van der Waals surface area contributed by atoms with Gasteiger partial charge >= 0.3 is 12.0 Å². The van der Waals surface area contributed by atoms with Gasteiger partial charge in [0.25, 0.3) is 0 Å². The van der Waals surface area contributed by atoms with Crippen molar-refractivity contribution in [1.29, 1.82) is 0 Å². The van der Waals surface area contributed by atoms with E-state index in [1.807, 2.05) is 24.3 Å². The van der Waals surface area contributed by atoms with E-state index in [1.165, 1.54) is 29.0 Å². The average molecular weight is 519 g/mol. The number of piperazine rings is 1. The number of carbonyl (C=O) groups is 2. The molecule has 36 heavy (non-hydrogen) atoms. The highest BCUT2D eigenvalue weighted by atomic mass is 32.2. The zero-order valence-electron chi connectivity index (χ0n) is 20.3. The number of rotatable bonds is 6. The Balaban J connectivity index is 1.57. The van der Waals surface area contributed by atoms with Gasteiger partial charge in [0.2, 0.25) is 0 Å². The molecule has 2 aliphatic rings. The molecule has 2 aromatic carbocycles. The molecule has 2 heterocycles. The first-order valence-corrected chi connectivity index (χ1v) is 13.7. The summed E-state index contributed by atoms with van der Waals surface area (Å²) in [6, 6.07) is 11.2. The van der Waals surface area contributed by atoms with Crippen LogP contribution in [0, 0.1) is 5.82 Å². The van der Waals surface area contributed by atoms with Crippen molar-refractivity contribution in [2.45, 2.75) is 13.1 Å². The maximum atomic E-state index is 14.9. The van der Waals surface area contributed by atoms with Crippen molar-refractivity contribution in [1.82, 2.24) is 15.1 Å². The zero-order chi connectivity index (χ0) is 25.7. The molecule has 2 amide bonds. The van der Waals surface area contributed by atoms with Gasteiger partial charge in [-0.25, -0.2) is 22.4 Å². The summed E-state index contributed by atoms with van der Waals surface area (Å²) in [4.78, 5) is 30.5. The molecule has 0 aliphatic carbocycles. The molecule has 194 valence electrons. The summed E-state index contributed by atoms with van der Waals surface area (Å²) in [5, 5.41) is 3.33. The van der Waals surface area contributed by atoms with Gasteiger partial charge in [-0.2, -0.15) is 0 Å². The van der Waals surface area contributed by atoms with Crippen LogP contribution >= 0.6 is 0 Å². The number of anilines is 1. The summed E-state index contributed by atoms with van der Waals surface area (Å²) in [5.74, 6) is -1.48. The lowest BCUT2D eigenvalue weighted by molar-refractivity contribution is 0.0600. The van der Waals surface area contributed by atoms with E-state index in [2.05, 4.69) is 15.0 Å². The molecule has 0 aromatic heterocycles. The zero-order valence-corrected chi connectivity index (χ0v) is 21.1. The van der Waals surface area contributed by atoms with Crippen molar-refractivity contribution in [3.63, 3.8) is 0 Å². The van der Waals surface area contributed by atoms with Crippen molar-refractivity contribution < 1.29 is 27.1 Å². The summed E-state index contributed by atoms with van der Waals surface area (Å²) < 4.78 is 43.3. The number of carbonyl (C=O) groups excluding carboxylic acids is 2. The predicted octanol–water partition coefficient (Wildman–Crippen LogP) is 1.87. The van der Waals surface area contributed by atoms with Crippen molar-refractivity contribution in [2.24, 2.45) is 0 Å². The van der Waals surface area contributed by atoms with Gasteiger partial charge in [-0.1, -0.05) is 18.2 Å². The lowest BCUT2D eigenvalue weighted by Gasteiger charge is -2.33. The number of nitrogens with zero attached hydrogens (tertiary/aromatic N) is 3. The molecule has 1 N–H and O–H groups in total. The predicted molar refractivity (Wildman–Crippen MR) is 134 cm³/mol. The van der Waals surface area contributed by atoms with Gasteiger partial charge in [-0.05, 0) is 29.8 Å². The highest BCUT2D eigenvalue weighted by Gasteiger charge is 2.29. The van der Waals surface area contributed by atoms with Gasteiger partial charge in [0.15, 0.2) is 9.84 Å². The molecule has 2 aromatic rings. The van der Waals surface area contributed by atoms with E-state index in [0.717, 1.165) is 44.4 Å². The van der Waals surface area contributed by atoms with E-state index in [0.29, 0.717) is 5.69 Å². The maximum absolute atomic E-state index is 14.9. The number of sulfone groups is 1. The molecule has 0 spiro atoms. The highest BCUT2D eigenvalue weighted by Crippen LogP contribution is 2.23. The largest absolute Gasteiger partial charge is 0.465 e. The maximum Gasteiger partial charge on any atom is 0.337 e. The highest BCUT2D eigenvalue weighted by molar-refractivity contribution is 7.91. The molecule has 11 heteroatoms. The van der Waals surface area contributed by atoms with Gasteiger partial charge in [-0.15, -0.1) is 0 Å². The number of halogens is 1. The van der Waals surface area contributed by atoms with Crippen LogP contribution in [-0.2, 0) is 27.7 Å². The molecule has 0 unspecified atom stereocenters. The summed E-state index contributed by atoms with van der Waals surface area (Å²) in [7, 11) is -1.94. The Labute approximate surface area is 210 Å². The third-order valence-corrected chi connectivity index (χ3v) is 8.12. The molecular formula is C25H31FN4O5S. The number of esters is 1. The quantitative estimate of drug-likeness (QED) is 0.583. The molecule has 0 bridgehead atoms. The molecule has 4 rings (SSSR count). The normalized spacial score (nSPS) is 18.0. The van der Waals surface area contributed by atoms with Crippen molar-refractivity contribution in [2.75, 3.05) is 62.8 Å². The Bertz CT molecular complexity index is 1190. The van der Waals surface area contributed by atoms with Crippen molar-refractivity contribution in [3.05, 3.63) is 65.0 Å². The lowest BCUT2D eigenvalue weighted by atomic mass is 10.1. The number of ether oxygens (including phenoxy) is 1. The van der Waals surface area contributed by atoms with Crippen LogP contribution in [0.2, 0.25) is 0 Å². The monoisotopic (exact) mass is 518 g/mol. The first kappa shape index (κ1) is 26.1. The summed E-state index contributed by atoms with van der Waals surface area (Å²) in [6.07, 6.45) is 0. The minimum absolute atomic E-state index is 0.0769. The first-order valence-electron chi connectivity index (χ1n) is 11.9. The first-order chi connectivity index (χ1) is 17.3. The molecule has 2 fully saturated rings. The standard InChI is InChI=1S/C25H31FN4O5S/c1-35-24(31)20-4-5-21(23(26)16-20)18-30(25(32)29-12-14-36(33,34)15-13-29)22-6-2-19(3-7-22)17-28-10-8-27-9-11-28/h2-7,16,27H,8-15,17-18H2,1H3. The van der Waals surface area contributed by atoms with Gasteiger partial charge in [0, 0.05) is 57.1 Å². The number of methoxy groups -OCH3 is 1. The smallest absolute Gasteiger partial charge is 0.337 e. The minimum atomic E-state index is -3.17. The van der Waals surface area contributed by atoms with E-state index in [9.17, 15) is 22.4 Å². The molecule has 2 saturated heterocycles. The van der Waals surface area contributed by atoms with Crippen LogP contribution in [0.25, 0.3) is 0 Å². The number of hydrogen-bond acceptors (Lipinski definition) is 7. The summed E-state index contributed by atoms with van der Waals surface area (Å²) in [5.41, 5.74) is 1.99. The Hall–Kier alpha value is -3.02. The minimum Gasteiger partial charge on any atom is -0.465 e. The number of hydrogen-bond donors (Lipinski definition) is 1. The third kappa shape index (κ3) is 6.40. The fourth-order valence-electron chi connectivity index (χ4n) is 4.34. The van der Waals surface area contributed by atoms with Gasteiger partial charge < -0.3 is 15.0 Å². The van der Waals surface area contributed by atoms with Crippen LogP contribution in [0.4, 0.5) is 14.9 Å². The second-order valence-corrected chi connectivity index (χ2v) is 11.3. The molecule has 9 nitrogen and oxygen atoms in total. The number of nitrogens with one attached hydrogen (secondary N) is 1. The molecule has 0 radical (unpaired) electrons. The number of urea groups is 1. The van der Waals surface area contributed by atoms with Crippen molar-refractivity contribution >= 4 is 27.5 Å². The Kier molecular flexibility index (Phi) is 8.22. The Morgan fingerprint density at radius 3 is 2.31 bits per heavy atom. The van der Waals surface area contributed by atoms with Gasteiger partial charge in [0.1, 0.15) is 5.82 Å². The van der Waals surface area contributed by atoms with Crippen LogP contribution in [0.5, 0.6) is 0 Å². The molecular weight excluding hydrogens is 487 g/mol. The fourth-order valence-corrected chi connectivity index (χ4v) is 5.54. The van der Waals surface area contributed by atoms with E-state index in [4.69, 9.17) is 0 Å². The van der Waals surface area contributed by atoms with E-state index in [-0.39, 0.29) is 42.3 Å². The number of benzene rings is 2. The summed E-state index contributed by atoms with van der Waals surface area (Å²) >= 11 is 0.